The van der Waals surface area contributed by atoms with Crippen molar-refractivity contribution in [3.8, 4) is 0 Å². The maximum Gasteiger partial charge on any atom is 0.241 e. The molecule has 0 saturated heterocycles. The number of carbonyl (C=O) groups is 1. The predicted octanol–water partition coefficient (Wildman–Crippen LogP) is 0.502. The van der Waals surface area contributed by atoms with Gasteiger partial charge in [0.15, 0.2) is 0 Å². The molecule has 0 saturated carbocycles. The van der Waals surface area contributed by atoms with Crippen LogP contribution < -0.4 is 11.1 Å². The summed E-state index contributed by atoms with van der Waals surface area (Å²) in [6.07, 6.45) is 5.28. The van der Waals surface area contributed by atoms with E-state index >= 15 is 0 Å². The monoisotopic (exact) mass is 222 g/mol. The number of nitrogens with zero attached hydrogens (tertiary/aromatic N) is 2. The highest BCUT2D eigenvalue weighted by molar-refractivity contribution is 5.82. The standard InChI is InChI=1S/C11H18N4O/c1-8(2)4-5-13-11(16)10(12)9-6-14-15(3)7-9/h4,6-7,10H,5,12H2,1-3H3,(H,13,16). The first-order chi connectivity index (χ1) is 7.50. The molecule has 88 valence electrons. The van der Waals surface area contributed by atoms with E-state index in [-0.39, 0.29) is 5.91 Å². The van der Waals surface area contributed by atoms with Crippen LogP contribution in [0, 0.1) is 0 Å². The van der Waals surface area contributed by atoms with E-state index in [1.807, 2.05) is 19.9 Å². The molecule has 1 aromatic heterocycles. The fourth-order valence-corrected chi connectivity index (χ4v) is 1.22. The van der Waals surface area contributed by atoms with Gasteiger partial charge < -0.3 is 11.1 Å². The summed E-state index contributed by atoms with van der Waals surface area (Å²) in [6.45, 7) is 4.47. The molecule has 1 amide bonds. The zero-order valence-electron chi connectivity index (χ0n) is 9.90. The quantitative estimate of drug-likeness (QED) is 0.729. The van der Waals surface area contributed by atoms with Crippen molar-refractivity contribution in [3.05, 3.63) is 29.6 Å². The molecule has 1 unspecified atom stereocenters. The molecule has 1 aromatic rings. The molecule has 0 aromatic carbocycles. The first-order valence-electron chi connectivity index (χ1n) is 5.16. The van der Waals surface area contributed by atoms with Gasteiger partial charge in [0, 0.05) is 25.4 Å². The van der Waals surface area contributed by atoms with Crippen molar-refractivity contribution < 1.29 is 4.79 Å². The Hall–Kier alpha value is -1.62. The summed E-state index contributed by atoms with van der Waals surface area (Å²) in [4.78, 5) is 11.6. The summed E-state index contributed by atoms with van der Waals surface area (Å²) < 4.78 is 1.62. The van der Waals surface area contributed by atoms with Gasteiger partial charge in [-0.15, -0.1) is 0 Å². The summed E-state index contributed by atoms with van der Waals surface area (Å²) in [5.74, 6) is -0.189. The van der Waals surface area contributed by atoms with E-state index in [1.54, 1.807) is 24.1 Å². The third-order valence-electron chi connectivity index (χ3n) is 2.15. The van der Waals surface area contributed by atoms with Crippen molar-refractivity contribution in [1.82, 2.24) is 15.1 Å². The van der Waals surface area contributed by atoms with Crippen LogP contribution in [0.25, 0.3) is 0 Å². The number of nitrogens with two attached hydrogens (primary N) is 1. The molecule has 0 aliphatic carbocycles. The number of amides is 1. The Kier molecular flexibility index (Phi) is 4.25. The minimum atomic E-state index is -0.653. The maximum absolute atomic E-state index is 11.6. The van der Waals surface area contributed by atoms with Crippen molar-refractivity contribution in [2.45, 2.75) is 19.9 Å². The summed E-state index contributed by atoms with van der Waals surface area (Å²) in [6, 6.07) is -0.653. The molecule has 0 radical (unpaired) electrons. The van der Waals surface area contributed by atoms with Crippen LogP contribution >= 0.6 is 0 Å². The highest BCUT2D eigenvalue weighted by atomic mass is 16.2. The highest BCUT2D eigenvalue weighted by Crippen LogP contribution is 2.07. The van der Waals surface area contributed by atoms with Crippen molar-refractivity contribution in [1.29, 1.82) is 0 Å². The maximum atomic E-state index is 11.6. The molecular formula is C11H18N4O. The highest BCUT2D eigenvalue weighted by Gasteiger charge is 2.16. The molecule has 1 heterocycles. The summed E-state index contributed by atoms with van der Waals surface area (Å²) in [5.41, 5.74) is 7.66. The van der Waals surface area contributed by atoms with Crippen LogP contribution in [-0.2, 0) is 11.8 Å². The van der Waals surface area contributed by atoms with Crippen LogP contribution in [0.2, 0.25) is 0 Å². The third-order valence-corrected chi connectivity index (χ3v) is 2.15. The van der Waals surface area contributed by atoms with Crippen LogP contribution in [-0.4, -0.2) is 22.2 Å². The molecule has 1 atom stereocenters. The Morgan fingerprint density at radius 1 is 1.69 bits per heavy atom. The Labute approximate surface area is 95.3 Å². The number of allylic oxidation sites excluding steroid dienone is 1. The SMILES string of the molecule is CC(C)=CCNC(=O)C(N)c1cnn(C)c1. The van der Waals surface area contributed by atoms with Crippen molar-refractivity contribution in [2.75, 3.05) is 6.54 Å². The second-order valence-electron chi connectivity index (χ2n) is 3.95. The fraction of sp³-hybridized carbons (Fsp3) is 0.455. The zero-order chi connectivity index (χ0) is 12.1. The van der Waals surface area contributed by atoms with Gasteiger partial charge in [0.1, 0.15) is 6.04 Å². The lowest BCUT2D eigenvalue weighted by molar-refractivity contribution is -0.122. The minimum absolute atomic E-state index is 0.189. The summed E-state index contributed by atoms with van der Waals surface area (Å²) in [7, 11) is 1.79. The van der Waals surface area contributed by atoms with Gasteiger partial charge in [0.2, 0.25) is 5.91 Å². The number of carbonyl (C=O) groups excluding carboxylic acids is 1. The van der Waals surface area contributed by atoms with Crippen molar-refractivity contribution in [3.63, 3.8) is 0 Å². The van der Waals surface area contributed by atoms with Gasteiger partial charge in [0.25, 0.3) is 0 Å². The molecular weight excluding hydrogens is 204 g/mol. The van der Waals surface area contributed by atoms with Gasteiger partial charge in [-0.25, -0.2) is 0 Å². The molecule has 0 aliphatic rings. The number of hydrogen-bond donors (Lipinski definition) is 2. The third kappa shape index (κ3) is 3.51. The van der Waals surface area contributed by atoms with E-state index in [1.165, 1.54) is 0 Å². The Bertz CT molecular complexity index is 390. The topological polar surface area (TPSA) is 72.9 Å². The Balaban J connectivity index is 2.51. The van der Waals surface area contributed by atoms with Crippen LogP contribution in [0.1, 0.15) is 25.5 Å². The van der Waals surface area contributed by atoms with E-state index in [4.69, 9.17) is 5.73 Å². The van der Waals surface area contributed by atoms with E-state index in [2.05, 4.69) is 10.4 Å². The second kappa shape index (κ2) is 5.46. The Morgan fingerprint density at radius 3 is 2.88 bits per heavy atom. The largest absolute Gasteiger partial charge is 0.351 e. The molecule has 0 bridgehead atoms. The lowest BCUT2D eigenvalue weighted by Crippen LogP contribution is -2.34. The average Bonchev–Trinajstić information content (AvgIpc) is 2.63. The van der Waals surface area contributed by atoms with Gasteiger partial charge in [-0.1, -0.05) is 11.6 Å². The minimum Gasteiger partial charge on any atom is -0.351 e. The number of hydrogen-bond acceptors (Lipinski definition) is 3. The fourth-order valence-electron chi connectivity index (χ4n) is 1.22. The van der Waals surface area contributed by atoms with Crippen LogP contribution in [0.3, 0.4) is 0 Å². The number of aromatic nitrogens is 2. The zero-order valence-corrected chi connectivity index (χ0v) is 9.90. The summed E-state index contributed by atoms with van der Waals surface area (Å²) >= 11 is 0. The van der Waals surface area contributed by atoms with Gasteiger partial charge in [0.05, 0.1) is 6.20 Å². The molecule has 16 heavy (non-hydrogen) atoms. The summed E-state index contributed by atoms with van der Waals surface area (Å²) in [5, 5.41) is 6.72. The molecule has 0 aliphatic heterocycles. The number of nitrogens with one attached hydrogen (secondary N) is 1. The molecule has 1 rings (SSSR count). The van der Waals surface area contributed by atoms with Gasteiger partial charge >= 0.3 is 0 Å². The molecule has 5 heteroatoms. The first kappa shape index (κ1) is 12.4. The second-order valence-corrected chi connectivity index (χ2v) is 3.95. The smallest absolute Gasteiger partial charge is 0.241 e. The van der Waals surface area contributed by atoms with Crippen LogP contribution in [0.15, 0.2) is 24.0 Å². The Morgan fingerprint density at radius 2 is 2.38 bits per heavy atom. The van der Waals surface area contributed by atoms with E-state index in [0.29, 0.717) is 6.54 Å². The van der Waals surface area contributed by atoms with Crippen molar-refractivity contribution >= 4 is 5.91 Å². The van der Waals surface area contributed by atoms with E-state index in [0.717, 1.165) is 11.1 Å². The van der Waals surface area contributed by atoms with Gasteiger partial charge in [-0.2, -0.15) is 5.10 Å². The van der Waals surface area contributed by atoms with Crippen LogP contribution in [0.5, 0.6) is 0 Å². The lowest BCUT2D eigenvalue weighted by atomic mass is 10.1. The van der Waals surface area contributed by atoms with Crippen LogP contribution in [0.4, 0.5) is 0 Å². The number of rotatable bonds is 4. The average molecular weight is 222 g/mol. The number of aryl methyl sites for hydroxylation is 1. The van der Waals surface area contributed by atoms with E-state index in [9.17, 15) is 4.79 Å². The molecule has 5 nitrogen and oxygen atoms in total. The predicted molar refractivity (Wildman–Crippen MR) is 62.6 cm³/mol. The van der Waals surface area contributed by atoms with Gasteiger partial charge in [-0.05, 0) is 13.8 Å². The lowest BCUT2D eigenvalue weighted by Gasteiger charge is -2.08. The van der Waals surface area contributed by atoms with E-state index < -0.39 is 6.04 Å². The normalized spacial score (nSPS) is 12.0. The first-order valence-corrected chi connectivity index (χ1v) is 5.16. The molecule has 3 N–H and O–H groups in total. The molecule has 0 spiro atoms. The van der Waals surface area contributed by atoms with Crippen molar-refractivity contribution in [2.24, 2.45) is 12.8 Å². The molecule has 0 fully saturated rings. The van der Waals surface area contributed by atoms with Gasteiger partial charge in [-0.3, -0.25) is 9.48 Å².